The van der Waals surface area contributed by atoms with E-state index in [0.29, 0.717) is 5.02 Å². The van der Waals surface area contributed by atoms with E-state index in [1.165, 1.54) is 25.3 Å². The fraction of sp³-hybridized carbons (Fsp3) is 0.143. The molecule has 0 saturated carbocycles. The van der Waals surface area contributed by atoms with Gasteiger partial charge < -0.3 is 4.74 Å². The number of hydrogen-bond donors (Lipinski definition) is 1. The Morgan fingerprint density at radius 1 is 1.22 bits per heavy atom. The third-order valence-corrected chi connectivity index (χ3v) is 4.87. The second kappa shape index (κ2) is 6.43. The van der Waals surface area contributed by atoms with E-state index in [4.69, 9.17) is 16.3 Å². The molecule has 0 aliphatic carbocycles. The van der Waals surface area contributed by atoms with E-state index in [1.807, 2.05) is 0 Å². The first-order chi connectivity index (χ1) is 10.7. The maximum atomic E-state index is 12.4. The summed E-state index contributed by atoms with van der Waals surface area (Å²) < 4.78 is 31.9. The third kappa shape index (κ3) is 3.72. The number of ether oxygens (including phenoxy) is 1. The first kappa shape index (κ1) is 17.0. The molecule has 2 rings (SSSR count). The van der Waals surface area contributed by atoms with E-state index in [-0.39, 0.29) is 16.3 Å². The van der Waals surface area contributed by atoms with Gasteiger partial charge in [-0.3, -0.25) is 14.8 Å². The molecule has 0 amide bonds. The zero-order valence-corrected chi connectivity index (χ0v) is 13.8. The summed E-state index contributed by atoms with van der Waals surface area (Å²) in [5, 5.41) is 11.4. The molecule has 0 aliphatic rings. The number of rotatable bonds is 5. The van der Waals surface area contributed by atoms with E-state index in [0.717, 1.165) is 11.6 Å². The average molecular weight is 357 g/mol. The van der Waals surface area contributed by atoms with Crippen molar-refractivity contribution in [1.82, 2.24) is 0 Å². The van der Waals surface area contributed by atoms with Gasteiger partial charge >= 0.3 is 5.69 Å². The standard InChI is InChI=1S/C14H13ClN2O5S/c1-9-3-4-10(7-12(9)15)16-23(20,21)11-5-6-14(22-2)13(8-11)17(18)19/h3-8,16H,1-2H3. The minimum Gasteiger partial charge on any atom is -0.490 e. The average Bonchev–Trinajstić information content (AvgIpc) is 2.50. The molecular weight excluding hydrogens is 344 g/mol. The van der Waals surface area contributed by atoms with Crippen LogP contribution >= 0.6 is 11.6 Å². The Balaban J connectivity index is 2.41. The maximum absolute atomic E-state index is 12.4. The number of anilines is 1. The highest BCUT2D eigenvalue weighted by molar-refractivity contribution is 7.92. The van der Waals surface area contributed by atoms with Crippen LogP contribution in [0.2, 0.25) is 5.02 Å². The molecule has 0 bridgehead atoms. The van der Waals surface area contributed by atoms with Crippen LogP contribution in [0.15, 0.2) is 41.3 Å². The first-order valence-corrected chi connectivity index (χ1v) is 8.22. The quantitative estimate of drug-likeness (QED) is 0.654. The van der Waals surface area contributed by atoms with Gasteiger partial charge in [0.05, 0.1) is 22.6 Å². The lowest BCUT2D eigenvalue weighted by molar-refractivity contribution is -0.386. The Bertz CT molecular complexity index is 867. The van der Waals surface area contributed by atoms with Gasteiger partial charge in [0.15, 0.2) is 5.75 Å². The third-order valence-electron chi connectivity index (χ3n) is 3.08. The van der Waals surface area contributed by atoms with Gasteiger partial charge in [0, 0.05) is 11.1 Å². The van der Waals surface area contributed by atoms with Crippen molar-refractivity contribution in [1.29, 1.82) is 0 Å². The summed E-state index contributed by atoms with van der Waals surface area (Å²) in [5.74, 6) is -0.0210. The van der Waals surface area contributed by atoms with Gasteiger partial charge in [0.2, 0.25) is 0 Å². The number of sulfonamides is 1. The van der Waals surface area contributed by atoms with Crippen molar-refractivity contribution >= 4 is 33.0 Å². The van der Waals surface area contributed by atoms with Crippen molar-refractivity contribution in [3.8, 4) is 5.75 Å². The Kier molecular flexibility index (Phi) is 4.76. The molecule has 2 aromatic carbocycles. The minimum atomic E-state index is -3.99. The Morgan fingerprint density at radius 3 is 2.48 bits per heavy atom. The van der Waals surface area contributed by atoms with Crippen molar-refractivity contribution < 1.29 is 18.1 Å². The van der Waals surface area contributed by atoms with Crippen LogP contribution in [0.5, 0.6) is 5.75 Å². The van der Waals surface area contributed by atoms with Crippen molar-refractivity contribution in [2.75, 3.05) is 11.8 Å². The van der Waals surface area contributed by atoms with E-state index in [1.54, 1.807) is 19.1 Å². The summed E-state index contributed by atoms with van der Waals surface area (Å²) in [6, 6.07) is 8.08. The van der Waals surface area contributed by atoms with Gasteiger partial charge in [-0.1, -0.05) is 17.7 Å². The predicted octanol–water partition coefficient (Wildman–Crippen LogP) is 3.37. The number of methoxy groups -OCH3 is 1. The van der Waals surface area contributed by atoms with E-state index in [9.17, 15) is 18.5 Å². The van der Waals surface area contributed by atoms with Crippen LogP contribution in [0.3, 0.4) is 0 Å². The lowest BCUT2D eigenvalue weighted by Gasteiger charge is -2.10. The summed E-state index contributed by atoms with van der Waals surface area (Å²) >= 11 is 5.95. The fourth-order valence-electron chi connectivity index (χ4n) is 1.85. The lowest BCUT2D eigenvalue weighted by Crippen LogP contribution is -2.13. The molecular formula is C14H13ClN2O5S. The first-order valence-electron chi connectivity index (χ1n) is 6.36. The second-order valence-corrected chi connectivity index (χ2v) is 6.75. The van der Waals surface area contributed by atoms with Gasteiger partial charge in [-0.15, -0.1) is 0 Å². The lowest BCUT2D eigenvalue weighted by atomic mass is 10.2. The number of benzene rings is 2. The molecule has 0 spiro atoms. The molecule has 7 nitrogen and oxygen atoms in total. The summed E-state index contributed by atoms with van der Waals surface area (Å²) in [4.78, 5) is 10.0. The van der Waals surface area contributed by atoms with Crippen LogP contribution in [-0.2, 0) is 10.0 Å². The molecule has 0 aromatic heterocycles. The summed E-state index contributed by atoms with van der Waals surface area (Å²) in [6.07, 6.45) is 0. The highest BCUT2D eigenvalue weighted by Gasteiger charge is 2.22. The molecule has 0 heterocycles. The molecule has 0 fully saturated rings. The Hall–Kier alpha value is -2.32. The van der Waals surface area contributed by atoms with Crippen molar-refractivity contribution in [3.05, 3.63) is 57.1 Å². The number of hydrogen-bond acceptors (Lipinski definition) is 5. The van der Waals surface area contributed by atoms with E-state index >= 15 is 0 Å². The number of aryl methyl sites for hydroxylation is 1. The second-order valence-electron chi connectivity index (χ2n) is 4.66. The number of nitrogens with one attached hydrogen (secondary N) is 1. The normalized spacial score (nSPS) is 11.1. The van der Waals surface area contributed by atoms with Crippen molar-refractivity contribution in [3.63, 3.8) is 0 Å². The zero-order chi connectivity index (χ0) is 17.2. The number of nitrogens with zero attached hydrogens (tertiary/aromatic N) is 1. The highest BCUT2D eigenvalue weighted by Crippen LogP contribution is 2.30. The van der Waals surface area contributed by atoms with Crippen LogP contribution in [-0.4, -0.2) is 20.5 Å². The topological polar surface area (TPSA) is 98.5 Å². The minimum absolute atomic E-state index is 0.0210. The van der Waals surface area contributed by atoms with Crippen LogP contribution in [0.1, 0.15) is 5.56 Å². The molecule has 0 unspecified atom stereocenters. The van der Waals surface area contributed by atoms with E-state index in [2.05, 4.69) is 4.72 Å². The summed E-state index contributed by atoms with van der Waals surface area (Å²) in [7, 11) is -2.73. The van der Waals surface area contributed by atoms with Crippen LogP contribution in [0.4, 0.5) is 11.4 Å². The van der Waals surface area contributed by atoms with Gasteiger partial charge in [-0.2, -0.15) is 0 Å². The molecule has 0 radical (unpaired) electrons. The molecule has 9 heteroatoms. The molecule has 0 aliphatic heterocycles. The van der Waals surface area contributed by atoms with E-state index < -0.39 is 20.6 Å². The van der Waals surface area contributed by atoms with Crippen molar-refractivity contribution in [2.45, 2.75) is 11.8 Å². The zero-order valence-electron chi connectivity index (χ0n) is 12.2. The summed E-state index contributed by atoms with van der Waals surface area (Å²) in [6.45, 7) is 1.79. The fourth-order valence-corrected chi connectivity index (χ4v) is 3.10. The summed E-state index contributed by atoms with van der Waals surface area (Å²) in [5.41, 5.74) is 0.631. The Labute approximate surface area is 138 Å². The monoisotopic (exact) mass is 356 g/mol. The molecule has 23 heavy (non-hydrogen) atoms. The molecule has 1 N–H and O–H groups in total. The highest BCUT2D eigenvalue weighted by atomic mass is 35.5. The number of halogens is 1. The SMILES string of the molecule is COc1ccc(S(=O)(=O)Nc2ccc(C)c(Cl)c2)cc1[N+](=O)[O-]. The molecule has 0 saturated heterocycles. The Morgan fingerprint density at radius 2 is 1.91 bits per heavy atom. The molecule has 122 valence electrons. The molecule has 2 aromatic rings. The van der Waals surface area contributed by atoms with Crippen molar-refractivity contribution in [2.24, 2.45) is 0 Å². The van der Waals surface area contributed by atoms with Gasteiger partial charge in [0.25, 0.3) is 10.0 Å². The van der Waals surface area contributed by atoms with Crippen LogP contribution in [0, 0.1) is 17.0 Å². The van der Waals surface area contributed by atoms with Crippen LogP contribution < -0.4 is 9.46 Å². The van der Waals surface area contributed by atoms with Gasteiger partial charge in [-0.25, -0.2) is 8.42 Å². The number of nitro benzene ring substituents is 1. The smallest absolute Gasteiger partial charge is 0.312 e. The predicted molar refractivity (Wildman–Crippen MR) is 86.6 cm³/mol. The molecule has 0 atom stereocenters. The number of nitro groups is 1. The van der Waals surface area contributed by atoms with Gasteiger partial charge in [0.1, 0.15) is 0 Å². The van der Waals surface area contributed by atoms with Crippen LogP contribution in [0.25, 0.3) is 0 Å². The maximum Gasteiger partial charge on any atom is 0.312 e. The largest absolute Gasteiger partial charge is 0.490 e. The van der Waals surface area contributed by atoms with Gasteiger partial charge in [-0.05, 0) is 36.8 Å².